The van der Waals surface area contributed by atoms with Gasteiger partial charge < -0.3 is 15.0 Å². The molecule has 2 saturated heterocycles. The number of anilines is 1. The molecular weight excluding hydrogens is 354 g/mol. The van der Waals surface area contributed by atoms with Crippen molar-refractivity contribution in [1.29, 1.82) is 0 Å². The van der Waals surface area contributed by atoms with Crippen molar-refractivity contribution in [2.45, 2.75) is 57.5 Å². The molecule has 1 amide bonds. The molecule has 3 aliphatic rings. The van der Waals surface area contributed by atoms with Crippen LogP contribution in [0.2, 0.25) is 0 Å². The van der Waals surface area contributed by atoms with E-state index in [-0.39, 0.29) is 23.8 Å². The van der Waals surface area contributed by atoms with Crippen molar-refractivity contribution in [3.05, 3.63) is 18.0 Å². The standard InChI is InChI=1S/C21H33N5O2/c1-15(2)23-20(27)18-14-26(16-5-3-4-6-16)13-17(18)19-7-8-22-21(24-19)25-9-11-28-12-10-25/h7-8,15-18H,3-6,9-14H2,1-2H3,(H,23,27)/t17-,18-/m0/s1. The summed E-state index contributed by atoms with van der Waals surface area (Å²) in [6.07, 6.45) is 6.98. The number of nitrogens with one attached hydrogen (secondary N) is 1. The molecule has 3 fully saturated rings. The number of likely N-dealkylation sites (tertiary alicyclic amines) is 1. The molecule has 2 atom stereocenters. The van der Waals surface area contributed by atoms with Gasteiger partial charge in [0.05, 0.1) is 24.8 Å². The third-order valence-electron chi connectivity index (χ3n) is 6.30. The van der Waals surface area contributed by atoms with Crippen LogP contribution < -0.4 is 10.2 Å². The summed E-state index contributed by atoms with van der Waals surface area (Å²) >= 11 is 0. The summed E-state index contributed by atoms with van der Waals surface area (Å²) in [6, 6.07) is 2.78. The van der Waals surface area contributed by atoms with E-state index in [1.165, 1.54) is 25.7 Å². The maximum atomic E-state index is 13.0. The lowest BCUT2D eigenvalue weighted by Gasteiger charge is -2.27. The van der Waals surface area contributed by atoms with Gasteiger partial charge in [0.15, 0.2) is 0 Å². The highest BCUT2D eigenvalue weighted by Gasteiger charge is 2.42. The fourth-order valence-corrected chi connectivity index (χ4v) is 4.84. The lowest BCUT2D eigenvalue weighted by molar-refractivity contribution is -0.125. The van der Waals surface area contributed by atoms with E-state index in [0.29, 0.717) is 19.3 Å². The van der Waals surface area contributed by atoms with Crippen LogP contribution in [-0.4, -0.2) is 72.3 Å². The van der Waals surface area contributed by atoms with Crippen molar-refractivity contribution in [2.75, 3.05) is 44.3 Å². The maximum Gasteiger partial charge on any atom is 0.225 e. The monoisotopic (exact) mass is 387 g/mol. The molecule has 7 heteroatoms. The second-order valence-corrected chi connectivity index (χ2v) is 8.65. The van der Waals surface area contributed by atoms with E-state index in [1.54, 1.807) is 0 Å². The minimum atomic E-state index is -0.0459. The Morgan fingerprint density at radius 1 is 1.21 bits per heavy atom. The Bertz CT molecular complexity index is 671. The molecule has 4 rings (SSSR count). The van der Waals surface area contributed by atoms with Gasteiger partial charge in [-0.2, -0.15) is 0 Å². The van der Waals surface area contributed by atoms with Crippen LogP contribution in [0.3, 0.4) is 0 Å². The van der Waals surface area contributed by atoms with Crippen LogP contribution in [0, 0.1) is 5.92 Å². The molecule has 0 radical (unpaired) electrons. The number of carbonyl (C=O) groups is 1. The summed E-state index contributed by atoms with van der Waals surface area (Å²) in [5, 5.41) is 3.14. The Hall–Kier alpha value is -1.73. The molecule has 154 valence electrons. The summed E-state index contributed by atoms with van der Waals surface area (Å²) in [5.41, 5.74) is 1.00. The van der Waals surface area contributed by atoms with Gasteiger partial charge in [-0.1, -0.05) is 12.8 Å². The molecule has 2 aliphatic heterocycles. The average molecular weight is 388 g/mol. The number of nitrogens with zero attached hydrogens (tertiary/aromatic N) is 4. The predicted octanol–water partition coefficient (Wildman–Crippen LogP) is 1.80. The number of aromatic nitrogens is 2. The highest BCUT2D eigenvalue weighted by molar-refractivity contribution is 5.80. The van der Waals surface area contributed by atoms with Gasteiger partial charge in [0.1, 0.15) is 0 Å². The Balaban J connectivity index is 1.56. The molecule has 1 aromatic heterocycles. The highest BCUT2D eigenvalue weighted by Crippen LogP contribution is 2.37. The van der Waals surface area contributed by atoms with E-state index < -0.39 is 0 Å². The third-order valence-corrected chi connectivity index (χ3v) is 6.30. The van der Waals surface area contributed by atoms with Crippen molar-refractivity contribution in [3.63, 3.8) is 0 Å². The van der Waals surface area contributed by atoms with Crippen LogP contribution in [0.15, 0.2) is 12.3 Å². The Morgan fingerprint density at radius 3 is 2.68 bits per heavy atom. The van der Waals surface area contributed by atoms with Crippen LogP contribution in [0.1, 0.15) is 51.1 Å². The number of ether oxygens (including phenoxy) is 1. The fraction of sp³-hybridized carbons (Fsp3) is 0.762. The smallest absolute Gasteiger partial charge is 0.225 e. The van der Waals surface area contributed by atoms with E-state index in [0.717, 1.165) is 37.8 Å². The Morgan fingerprint density at radius 2 is 1.96 bits per heavy atom. The zero-order chi connectivity index (χ0) is 19.5. The van der Waals surface area contributed by atoms with Gasteiger partial charge in [-0.25, -0.2) is 9.97 Å². The lowest BCUT2D eigenvalue weighted by atomic mass is 9.91. The molecule has 28 heavy (non-hydrogen) atoms. The summed E-state index contributed by atoms with van der Waals surface area (Å²) in [7, 11) is 0. The average Bonchev–Trinajstić information content (AvgIpc) is 3.38. The summed E-state index contributed by atoms with van der Waals surface area (Å²) in [4.78, 5) is 27.1. The molecule has 0 spiro atoms. The van der Waals surface area contributed by atoms with Crippen LogP contribution >= 0.6 is 0 Å². The van der Waals surface area contributed by atoms with E-state index in [4.69, 9.17) is 9.72 Å². The van der Waals surface area contributed by atoms with Crippen LogP contribution in [-0.2, 0) is 9.53 Å². The van der Waals surface area contributed by atoms with Crippen LogP contribution in [0.4, 0.5) is 5.95 Å². The van der Waals surface area contributed by atoms with Gasteiger partial charge in [-0.15, -0.1) is 0 Å². The number of amides is 1. The number of morpholine rings is 1. The number of rotatable bonds is 5. The second-order valence-electron chi connectivity index (χ2n) is 8.65. The van der Waals surface area contributed by atoms with Crippen molar-refractivity contribution in [2.24, 2.45) is 5.92 Å². The summed E-state index contributed by atoms with van der Waals surface area (Å²) in [5.74, 6) is 1.01. The number of hydrogen-bond donors (Lipinski definition) is 1. The quantitative estimate of drug-likeness (QED) is 0.831. The van der Waals surface area contributed by atoms with Crippen molar-refractivity contribution >= 4 is 11.9 Å². The molecule has 3 heterocycles. The topological polar surface area (TPSA) is 70.6 Å². The first-order valence-corrected chi connectivity index (χ1v) is 10.8. The van der Waals surface area contributed by atoms with Gasteiger partial charge in [-0.05, 0) is 32.8 Å². The molecule has 0 unspecified atom stereocenters. The normalized spacial score (nSPS) is 26.9. The molecule has 1 N–H and O–H groups in total. The Labute approximate surface area is 167 Å². The van der Waals surface area contributed by atoms with Crippen LogP contribution in [0.5, 0.6) is 0 Å². The maximum absolute atomic E-state index is 13.0. The van der Waals surface area contributed by atoms with E-state index in [2.05, 4.69) is 20.1 Å². The van der Waals surface area contributed by atoms with Gasteiger partial charge >= 0.3 is 0 Å². The molecule has 7 nitrogen and oxygen atoms in total. The summed E-state index contributed by atoms with van der Waals surface area (Å²) < 4.78 is 5.45. The Kier molecular flexibility index (Phi) is 6.11. The van der Waals surface area contributed by atoms with Gasteiger partial charge in [-0.3, -0.25) is 9.69 Å². The number of carbonyl (C=O) groups excluding carboxylic acids is 1. The predicted molar refractivity (Wildman–Crippen MR) is 108 cm³/mol. The van der Waals surface area contributed by atoms with E-state index in [1.807, 2.05) is 26.1 Å². The highest BCUT2D eigenvalue weighted by atomic mass is 16.5. The number of hydrogen-bond acceptors (Lipinski definition) is 6. The van der Waals surface area contributed by atoms with Gasteiger partial charge in [0.2, 0.25) is 11.9 Å². The van der Waals surface area contributed by atoms with Crippen molar-refractivity contribution in [1.82, 2.24) is 20.2 Å². The molecule has 1 aromatic rings. The first kappa shape index (κ1) is 19.6. The first-order valence-electron chi connectivity index (χ1n) is 10.8. The van der Waals surface area contributed by atoms with Crippen LogP contribution in [0.25, 0.3) is 0 Å². The summed E-state index contributed by atoms with van der Waals surface area (Å²) in [6.45, 7) is 8.87. The van der Waals surface area contributed by atoms with Crippen molar-refractivity contribution < 1.29 is 9.53 Å². The molecular formula is C21H33N5O2. The minimum absolute atomic E-state index is 0.0459. The van der Waals surface area contributed by atoms with Gasteiger partial charge in [0.25, 0.3) is 0 Å². The second kappa shape index (κ2) is 8.74. The van der Waals surface area contributed by atoms with E-state index >= 15 is 0 Å². The molecule has 0 aromatic carbocycles. The third kappa shape index (κ3) is 4.30. The fourth-order valence-electron chi connectivity index (χ4n) is 4.84. The molecule has 1 saturated carbocycles. The largest absolute Gasteiger partial charge is 0.378 e. The van der Waals surface area contributed by atoms with E-state index in [9.17, 15) is 4.79 Å². The molecule has 0 bridgehead atoms. The molecule has 1 aliphatic carbocycles. The minimum Gasteiger partial charge on any atom is -0.378 e. The zero-order valence-electron chi connectivity index (χ0n) is 17.1. The SMILES string of the molecule is CC(C)NC(=O)[C@H]1CN(C2CCCC2)C[C@@H]1c1ccnc(N2CCOCC2)n1. The van der Waals surface area contributed by atoms with Gasteiger partial charge in [0, 0.05) is 50.4 Å². The first-order chi connectivity index (χ1) is 13.6. The van der Waals surface area contributed by atoms with Crippen molar-refractivity contribution in [3.8, 4) is 0 Å². The zero-order valence-corrected chi connectivity index (χ0v) is 17.1. The lowest BCUT2D eigenvalue weighted by Crippen LogP contribution is -2.39.